The number of piperidine rings is 1. The number of carbonyl (C=O) groups is 1. The molecule has 3 heterocycles. The van der Waals surface area contributed by atoms with E-state index in [0.29, 0.717) is 38.1 Å². The lowest BCUT2D eigenvalue weighted by molar-refractivity contribution is -0.139. The summed E-state index contributed by atoms with van der Waals surface area (Å²) in [6, 6.07) is 0. The van der Waals surface area contributed by atoms with Gasteiger partial charge in [-0.25, -0.2) is 0 Å². The fourth-order valence-corrected chi connectivity index (χ4v) is 3.92. The van der Waals surface area contributed by atoms with Gasteiger partial charge in [-0.05, 0) is 32.7 Å². The average Bonchev–Trinajstić information content (AvgIpc) is 3.02. The molecule has 26 heavy (non-hydrogen) atoms. The molecule has 3 rings (SSSR count). The van der Waals surface area contributed by atoms with E-state index in [1.54, 1.807) is 0 Å². The maximum absolute atomic E-state index is 12.7. The number of carbonyl (C=O) groups excluding carboxylic acids is 1. The molecule has 0 spiro atoms. The Bertz CT molecular complexity index is 592. The number of nitrogens with zero attached hydrogens (tertiary/aromatic N) is 5. The molecule has 1 amide bonds. The summed E-state index contributed by atoms with van der Waals surface area (Å²) in [6.45, 7) is 4.44. The summed E-state index contributed by atoms with van der Waals surface area (Å²) >= 11 is 0. The SMILES string of the molecule is CN(CCO)Cc1nnc(C2CCN(C(=O)C3CCOCC3)CC2)n1C. The van der Waals surface area contributed by atoms with E-state index in [9.17, 15) is 4.79 Å². The highest BCUT2D eigenvalue weighted by molar-refractivity contribution is 5.79. The highest BCUT2D eigenvalue weighted by Crippen LogP contribution is 2.29. The molecule has 0 unspecified atom stereocenters. The first-order valence-electron chi connectivity index (χ1n) is 9.64. The molecule has 2 aliphatic heterocycles. The van der Waals surface area contributed by atoms with Gasteiger partial charge in [0.25, 0.3) is 0 Å². The molecular formula is C18H31N5O3. The van der Waals surface area contributed by atoms with Gasteiger partial charge in [-0.1, -0.05) is 0 Å². The highest BCUT2D eigenvalue weighted by atomic mass is 16.5. The number of aliphatic hydroxyl groups excluding tert-OH is 1. The van der Waals surface area contributed by atoms with Crippen molar-refractivity contribution in [1.82, 2.24) is 24.6 Å². The Hall–Kier alpha value is -1.51. The molecule has 2 fully saturated rings. The molecule has 0 aliphatic carbocycles. The standard InChI is InChI=1S/C18H31N5O3/c1-21(9-10-24)13-16-19-20-17(22(16)2)14-3-7-23(8-4-14)18(25)15-5-11-26-12-6-15/h14-15,24H,3-13H2,1-2H3. The van der Waals surface area contributed by atoms with Crippen molar-refractivity contribution in [3.8, 4) is 0 Å². The van der Waals surface area contributed by atoms with E-state index in [2.05, 4.69) is 14.8 Å². The lowest BCUT2D eigenvalue weighted by Crippen LogP contribution is -2.43. The first-order chi connectivity index (χ1) is 12.6. The van der Waals surface area contributed by atoms with E-state index in [1.165, 1.54) is 0 Å². The molecule has 0 bridgehead atoms. The van der Waals surface area contributed by atoms with Gasteiger partial charge < -0.3 is 19.3 Å². The summed E-state index contributed by atoms with van der Waals surface area (Å²) < 4.78 is 7.44. The number of hydrogen-bond donors (Lipinski definition) is 1. The van der Waals surface area contributed by atoms with Gasteiger partial charge in [-0.2, -0.15) is 0 Å². The predicted octanol–water partition coefficient (Wildman–Crippen LogP) is 0.372. The minimum absolute atomic E-state index is 0.140. The lowest BCUT2D eigenvalue weighted by atomic mass is 9.93. The Balaban J connectivity index is 1.54. The number of aromatic nitrogens is 3. The summed E-state index contributed by atoms with van der Waals surface area (Å²) in [7, 11) is 3.97. The van der Waals surface area contributed by atoms with Crippen LogP contribution in [0.3, 0.4) is 0 Å². The van der Waals surface area contributed by atoms with Crippen molar-refractivity contribution in [1.29, 1.82) is 0 Å². The second-order valence-corrected chi connectivity index (χ2v) is 7.48. The van der Waals surface area contributed by atoms with Crippen molar-refractivity contribution in [3.63, 3.8) is 0 Å². The van der Waals surface area contributed by atoms with Crippen LogP contribution in [0.2, 0.25) is 0 Å². The molecule has 2 saturated heterocycles. The maximum Gasteiger partial charge on any atom is 0.225 e. The van der Waals surface area contributed by atoms with Crippen LogP contribution in [0.1, 0.15) is 43.3 Å². The van der Waals surface area contributed by atoms with Crippen molar-refractivity contribution in [2.24, 2.45) is 13.0 Å². The Morgan fingerprint density at radius 2 is 1.92 bits per heavy atom. The Labute approximate surface area is 155 Å². The zero-order chi connectivity index (χ0) is 18.5. The second kappa shape index (κ2) is 8.92. The molecule has 0 radical (unpaired) electrons. The third kappa shape index (κ3) is 4.42. The van der Waals surface area contributed by atoms with Crippen LogP contribution in [0.15, 0.2) is 0 Å². The molecule has 8 nitrogen and oxygen atoms in total. The van der Waals surface area contributed by atoms with E-state index < -0.39 is 0 Å². The first kappa shape index (κ1) is 19.3. The average molecular weight is 365 g/mol. The minimum Gasteiger partial charge on any atom is -0.395 e. The quantitative estimate of drug-likeness (QED) is 0.784. The van der Waals surface area contributed by atoms with E-state index in [-0.39, 0.29) is 12.5 Å². The van der Waals surface area contributed by atoms with Gasteiger partial charge in [-0.3, -0.25) is 9.69 Å². The number of aliphatic hydroxyl groups is 1. The molecule has 1 aromatic heterocycles. The fraction of sp³-hybridized carbons (Fsp3) is 0.833. The number of likely N-dealkylation sites (N-methyl/N-ethyl adjacent to an activating group) is 1. The van der Waals surface area contributed by atoms with Gasteiger partial charge in [0.05, 0.1) is 13.2 Å². The zero-order valence-electron chi connectivity index (χ0n) is 15.9. The van der Waals surface area contributed by atoms with Crippen LogP contribution < -0.4 is 0 Å². The monoisotopic (exact) mass is 365 g/mol. The van der Waals surface area contributed by atoms with Gasteiger partial charge in [0.15, 0.2) is 0 Å². The van der Waals surface area contributed by atoms with Crippen LogP contribution in [0.5, 0.6) is 0 Å². The predicted molar refractivity (Wildman–Crippen MR) is 96.5 cm³/mol. The summed E-state index contributed by atoms with van der Waals surface area (Å²) in [5.41, 5.74) is 0. The van der Waals surface area contributed by atoms with Gasteiger partial charge in [0, 0.05) is 51.7 Å². The summed E-state index contributed by atoms with van der Waals surface area (Å²) in [4.78, 5) is 16.7. The summed E-state index contributed by atoms with van der Waals surface area (Å²) in [6.07, 6.45) is 3.58. The molecular weight excluding hydrogens is 334 g/mol. The zero-order valence-corrected chi connectivity index (χ0v) is 15.9. The molecule has 8 heteroatoms. The van der Waals surface area contributed by atoms with Crippen molar-refractivity contribution in [3.05, 3.63) is 11.6 Å². The third-order valence-corrected chi connectivity index (χ3v) is 5.63. The normalized spacial score (nSPS) is 20.1. The Morgan fingerprint density at radius 3 is 2.58 bits per heavy atom. The maximum atomic E-state index is 12.7. The third-order valence-electron chi connectivity index (χ3n) is 5.63. The molecule has 1 N–H and O–H groups in total. The van der Waals surface area contributed by atoms with Crippen molar-refractivity contribution in [2.75, 3.05) is 46.5 Å². The van der Waals surface area contributed by atoms with Gasteiger partial charge >= 0.3 is 0 Å². The van der Waals surface area contributed by atoms with Gasteiger partial charge in [-0.15, -0.1) is 10.2 Å². The summed E-state index contributed by atoms with van der Waals surface area (Å²) in [5, 5.41) is 17.8. The van der Waals surface area contributed by atoms with Gasteiger partial charge in [0.2, 0.25) is 5.91 Å². The molecule has 0 saturated carbocycles. The first-order valence-corrected chi connectivity index (χ1v) is 9.64. The van der Waals surface area contributed by atoms with Crippen LogP contribution in [0, 0.1) is 5.92 Å². The van der Waals surface area contributed by atoms with Crippen LogP contribution in [-0.4, -0.2) is 82.1 Å². The highest BCUT2D eigenvalue weighted by Gasteiger charge is 2.31. The van der Waals surface area contributed by atoms with E-state index in [4.69, 9.17) is 9.84 Å². The number of amides is 1. The molecule has 0 atom stereocenters. The van der Waals surface area contributed by atoms with Crippen LogP contribution >= 0.6 is 0 Å². The molecule has 146 valence electrons. The fourth-order valence-electron chi connectivity index (χ4n) is 3.92. The smallest absolute Gasteiger partial charge is 0.225 e. The van der Waals surface area contributed by atoms with Crippen molar-refractivity contribution < 1.29 is 14.6 Å². The number of ether oxygens (including phenoxy) is 1. The van der Waals surface area contributed by atoms with Crippen LogP contribution in [0.4, 0.5) is 0 Å². The molecule has 0 aromatic carbocycles. The Morgan fingerprint density at radius 1 is 1.23 bits per heavy atom. The largest absolute Gasteiger partial charge is 0.395 e. The van der Waals surface area contributed by atoms with Gasteiger partial charge in [0.1, 0.15) is 11.6 Å². The van der Waals surface area contributed by atoms with E-state index in [1.807, 2.05) is 23.9 Å². The van der Waals surface area contributed by atoms with E-state index >= 15 is 0 Å². The van der Waals surface area contributed by atoms with Crippen LogP contribution in [-0.2, 0) is 23.1 Å². The second-order valence-electron chi connectivity index (χ2n) is 7.48. The van der Waals surface area contributed by atoms with E-state index in [0.717, 1.165) is 50.4 Å². The molecule has 1 aromatic rings. The van der Waals surface area contributed by atoms with Crippen molar-refractivity contribution >= 4 is 5.91 Å². The number of likely N-dealkylation sites (tertiary alicyclic amines) is 1. The minimum atomic E-state index is 0.140. The number of rotatable bonds is 6. The Kier molecular flexibility index (Phi) is 6.61. The lowest BCUT2D eigenvalue weighted by Gasteiger charge is -2.34. The molecule has 2 aliphatic rings. The number of hydrogen-bond acceptors (Lipinski definition) is 6. The van der Waals surface area contributed by atoms with Crippen molar-refractivity contribution in [2.45, 2.75) is 38.1 Å². The topological polar surface area (TPSA) is 83.7 Å². The summed E-state index contributed by atoms with van der Waals surface area (Å²) in [5.74, 6) is 2.72. The van der Waals surface area contributed by atoms with Crippen LogP contribution in [0.25, 0.3) is 0 Å².